The molecule has 110 valence electrons. The number of primary amides is 1. The zero-order chi connectivity index (χ0) is 14.7. The van der Waals surface area contributed by atoms with Crippen LogP contribution in [0.25, 0.3) is 0 Å². The van der Waals surface area contributed by atoms with E-state index in [2.05, 4.69) is 4.90 Å². The van der Waals surface area contributed by atoms with E-state index in [1.54, 1.807) is 0 Å². The van der Waals surface area contributed by atoms with Crippen LogP contribution in [0, 0.1) is 5.92 Å². The summed E-state index contributed by atoms with van der Waals surface area (Å²) >= 11 is 6.36. The molecular weight excluding hydrogens is 274 g/mol. The van der Waals surface area contributed by atoms with E-state index in [-0.39, 0.29) is 11.9 Å². The Morgan fingerprint density at radius 1 is 1.45 bits per heavy atom. The molecule has 1 atom stereocenters. The van der Waals surface area contributed by atoms with Crippen LogP contribution < -0.4 is 16.4 Å². The summed E-state index contributed by atoms with van der Waals surface area (Å²) in [6.07, 6.45) is 2.45. The molecule has 1 aliphatic heterocycles. The van der Waals surface area contributed by atoms with Gasteiger partial charge in [-0.3, -0.25) is 4.79 Å². The lowest BCUT2D eigenvalue weighted by Crippen LogP contribution is -2.35. The third-order valence-electron chi connectivity index (χ3n) is 3.94. The highest BCUT2D eigenvalue weighted by Gasteiger charge is 2.22. The molecule has 0 bridgehead atoms. The second kappa shape index (κ2) is 6.46. The van der Waals surface area contributed by atoms with Crippen molar-refractivity contribution in [2.45, 2.75) is 32.2 Å². The lowest BCUT2D eigenvalue weighted by molar-refractivity contribution is -0.119. The second-order valence-electron chi connectivity index (χ2n) is 5.60. The largest absolute Gasteiger partial charge is 0.370 e. The number of hydrogen-bond acceptors (Lipinski definition) is 3. The number of benzene rings is 1. The van der Waals surface area contributed by atoms with Crippen LogP contribution in [0.15, 0.2) is 18.2 Å². The molecule has 4 nitrogen and oxygen atoms in total. The maximum Gasteiger partial charge on any atom is 0.217 e. The van der Waals surface area contributed by atoms with Crippen LogP contribution in [0.1, 0.15) is 37.8 Å². The number of piperidine rings is 1. The number of amides is 1. The van der Waals surface area contributed by atoms with Crippen LogP contribution in [-0.4, -0.2) is 19.0 Å². The summed E-state index contributed by atoms with van der Waals surface area (Å²) in [5.74, 6) is 0.202. The molecule has 0 saturated carbocycles. The summed E-state index contributed by atoms with van der Waals surface area (Å²) < 4.78 is 0. The molecule has 1 unspecified atom stereocenters. The van der Waals surface area contributed by atoms with E-state index < -0.39 is 0 Å². The van der Waals surface area contributed by atoms with E-state index in [9.17, 15) is 4.79 Å². The molecular formula is C15H22ClN3O. The highest BCUT2D eigenvalue weighted by Crippen LogP contribution is 2.32. The molecule has 1 aliphatic rings. The second-order valence-corrected chi connectivity index (χ2v) is 6.01. The first-order chi connectivity index (χ1) is 9.47. The molecule has 1 saturated heterocycles. The lowest BCUT2D eigenvalue weighted by Gasteiger charge is -2.34. The number of hydrogen-bond donors (Lipinski definition) is 2. The standard InChI is InChI=1S/C15H22ClN3O/c1-10(17)12-2-3-14(13(16)9-12)19-6-4-11(5-7-19)8-15(18)20/h2-3,9-11H,4-8,17H2,1H3,(H2,18,20). The van der Waals surface area contributed by atoms with Crippen LogP contribution in [-0.2, 0) is 4.79 Å². The van der Waals surface area contributed by atoms with Gasteiger partial charge in [0.2, 0.25) is 5.91 Å². The number of anilines is 1. The summed E-state index contributed by atoms with van der Waals surface area (Å²) in [6.45, 7) is 3.77. The first-order valence-corrected chi connectivity index (χ1v) is 7.43. The van der Waals surface area contributed by atoms with Crippen molar-refractivity contribution in [3.05, 3.63) is 28.8 Å². The number of rotatable bonds is 4. The van der Waals surface area contributed by atoms with E-state index in [1.165, 1.54) is 0 Å². The molecule has 2 rings (SSSR count). The highest BCUT2D eigenvalue weighted by molar-refractivity contribution is 6.33. The first-order valence-electron chi connectivity index (χ1n) is 7.05. The van der Waals surface area contributed by atoms with Crippen molar-refractivity contribution in [3.8, 4) is 0 Å². The molecule has 4 N–H and O–H groups in total. The lowest BCUT2D eigenvalue weighted by atomic mass is 9.93. The highest BCUT2D eigenvalue weighted by atomic mass is 35.5. The van der Waals surface area contributed by atoms with Gasteiger partial charge in [0.15, 0.2) is 0 Å². The van der Waals surface area contributed by atoms with Crippen molar-refractivity contribution in [1.29, 1.82) is 0 Å². The number of halogens is 1. The van der Waals surface area contributed by atoms with Crippen LogP contribution in [0.5, 0.6) is 0 Å². The summed E-state index contributed by atoms with van der Waals surface area (Å²) in [7, 11) is 0. The van der Waals surface area contributed by atoms with E-state index in [4.69, 9.17) is 23.1 Å². The summed E-state index contributed by atoms with van der Waals surface area (Å²) in [5, 5.41) is 0.744. The van der Waals surface area contributed by atoms with Gasteiger partial charge >= 0.3 is 0 Å². The minimum atomic E-state index is -0.206. The number of carbonyl (C=O) groups is 1. The molecule has 5 heteroatoms. The molecule has 0 spiro atoms. The molecule has 0 aromatic heterocycles. The Labute approximate surface area is 125 Å². The Hall–Kier alpha value is -1.26. The Bertz CT molecular complexity index is 482. The zero-order valence-corrected chi connectivity index (χ0v) is 12.6. The summed E-state index contributed by atoms with van der Waals surface area (Å²) in [5.41, 5.74) is 13.2. The van der Waals surface area contributed by atoms with Gasteiger partial charge in [0, 0.05) is 25.6 Å². The average Bonchev–Trinajstić information content (AvgIpc) is 2.39. The number of nitrogens with zero attached hydrogens (tertiary/aromatic N) is 1. The Kier molecular flexibility index (Phi) is 4.89. The minimum absolute atomic E-state index is 0.0112. The third-order valence-corrected chi connectivity index (χ3v) is 4.25. The zero-order valence-electron chi connectivity index (χ0n) is 11.8. The molecule has 0 aliphatic carbocycles. The first kappa shape index (κ1) is 15.1. The average molecular weight is 296 g/mol. The van der Waals surface area contributed by atoms with Crippen molar-refractivity contribution in [2.24, 2.45) is 17.4 Å². The quantitative estimate of drug-likeness (QED) is 0.896. The minimum Gasteiger partial charge on any atom is -0.370 e. The van der Waals surface area contributed by atoms with Crippen molar-refractivity contribution >= 4 is 23.2 Å². The normalized spacial score (nSPS) is 18.1. The Morgan fingerprint density at radius 2 is 2.10 bits per heavy atom. The maximum atomic E-state index is 11.0. The fraction of sp³-hybridized carbons (Fsp3) is 0.533. The number of carbonyl (C=O) groups excluding carboxylic acids is 1. The molecule has 1 aromatic rings. The van der Waals surface area contributed by atoms with Gasteiger partial charge in [0.05, 0.1) is 10.7 Å². The van der Waals surface area contributed by atoms with Crippen molar-refractivity contribution < 1.29 is 4.79 Å². The number of nitrogens with two attached hydrogens (primary N) is 2. The predicted octanol–water partition coefficient (Wildman–Crippen LogP) is 2.45. The van der Waals surface area contributed by atoms with Gasteiger partial charge < -0.3 is 16.4 Å². The van der Waals surface area contributed by atoms with E-state index in [0.29, 0.717) is 12.3 Å². The molecule has 1 fully saturated rings. The van der Waals surface area contributed by atoms with Gasteiger partial charge in [-0.15, -0.1) is 0 Å². The van der Waals surface area contributed by atoms with Gasteiger partial charge in [-0.2, -0.15) is 0 Å². The fourth-order valence-electron chi connectivity index (χ4n) is 2.73. The molecule has 0 radical (unpaired) electrons. The topological polar surface area (TPSA) is 72.3 Å². The van der Waals surface area contributed by atoms with Crippen molar-refractivity contribution in [2.75, 3.05) is 18.0 Å². The van der Waals surface area contributed by atoms with Gasteiger partial charge in [0.1, 0.15) is 0 Å². The SMILES string of the molecule is CC(N)c1ccc(N2CCC(CC(N)=O)CC2)c(Cl)c1. The smallest absolute Gasteiger partial charge is 0.217 e. The van der Waals surface area contributed by atoms with E-state index in [0.717, 1.165) is 42.2 Å². The fourth-order valence-corrected chi connectivity index (χ4v) is 3.03. The summed E-state index contributed by atoms with van der Waals surface area (Å²) in [6, 6.07) is 6.00. The van der Waals surface area contributed by atoms with Gasteiger partial charge in [-0.25, -0.2) is 0 Å². The van der Waals surface area contributed by atoms with Crippen molar-refractivity contribution in [1.82, 2.24) is 0 Å². The van der Waals surface area contributed by atoms with Gasteiger partial charge in [-0.05, 0) is 43.4 Å². The Morgan fingerprint density at radius 3 is 2.60 bits per heavy atom. The molecule has 20 heavy (non-hydrogen) atoms. The van der Waals surface area contributed by atoms with Crippen LogP contribution in [0.4, 0.5) is 5.69 Å². The third kappa shape index (κ3) is 3.64. The van der Waals surface area contributed by atoms with Crippen molar-refractivity contribution in [3.63, 3.8) is 0 Å². The molecule has 1 amide bonds. The maximum absolute atomic E-state index is 11.0. The Balaban J connectivity index is 2.02. The van der Waals surface area contributed by atoms with Crippen LogP contribution >= 0.6 is 11.6 Å². The summed E-state index contributed by atoms with van der Waals surface area (Å²) in [4.78, 5) is 13.2. The molecule has 1 aromatic carbocycles. The van der Waals surface area contributed by atoms with Gasteiger partial charge in [0.25, 0.3) is 0 Å². The van der Waals surface area contributed by atoms with Crippen LogP contribution in [0.3, 0.4) is 0 Å². The monoisotopic (exact) mass is 295 g/mol. The van der Waals surface area contributed by atoms with Gasteiger partial charge in [-0.1, -0.05) is 17.7 Å². The predicted molar refractivity (Wildman–Crippen MR) is 82.8 cm³/mol. The van der Waals surface area contributed by atoms with Crippen LogP contribution in [0.2, 0.25) is 5.02 Å². The van der Waals surface area contributed by atoms with E-state index in [1.807, 2.05) is 25.1 Å². The van der Waals surface area contributed by atoms with E-state index >= 15 is 0 Å². The molecule has 1 heterocycles.